The third-order valence-electron chi connectivity index (χ3n) is 5.47. The molecule has 0 atom stereocenters. The van der Waals surface area contributed by atoms with E-state index in [-0.39, 0.29) is 12.0 Å². The van der Waals surface area contributed by atoms with E-state index in [0.29, 0.717) is 29.5 Å². The normalized spacial score (nSPS) is 15.3. The van der Waals surface area contributed by atoms with Crippen molar-refractivity contribution in [3.8, 4) is 5.75 Å². The van der Waals surface area contributed by atoms with Crippen LogP contribution in [-0.2, 0) is 11.3 Å². The number of methoxy groups -OCH3 is 1. The molecule has 164 valence electrons. The summed E-state index contributed by atoms with van der Waals surface area (Å²) in [7, 11) is 1.60. The number of fused-ring (bicyclic) bond motifs is 1. The first-order valence-electron chi connectivity index (χ1n) is 10.6. The molecule has 0 saturated carbocycles. The molecule has 7 heteroatoms. The van der Waals surface area contributed by atoms with Gasteiger partial charge in [-0.2, -0.15) is 0 Å². The molecule has 4 rings (SSSR count). The van der Waals surface area contributed by atoms with Crippen molar-refractivity contribution < 1.29 is 18.7 Å². The number of piperidine rings is 1. The van der Waals surface area contributed by atoms with Gasteiger partial charge in [0.05, 0.1) is 18.2 Å². The number of para-hydroxylation sites is 1. The van der Waals surface area contributed by atoms with Crippen molar-refractivity contribution in [1.29, 1.82) is 0 Å². The van der Waals surface area contributed by atoms with E-state index in [9.17, 15) is 4.79 Å². The molecule has 0 spiro atoms. The highest BCUT2D eigenvalue weighted by Crippen LogP contribution is 2.29. The molecule has 31 heavy (non-hydrogen) atoms. The van der Waals surface area contributed by atoms with E-state index in [1.54, 1.807) is 25.3 Å². The molecule has 1 amide bonds. The third-order valence-corrected chi connectivity index (χ3v) is 5.77. The van der Waals surface area contributed by atoms with Crippen molar-refractivity contribution in [1.82, 2.24) is 10.2 Å². The Balaban J connectivity index is 1.27. The molecule has 1 saturated heterocycles. The Morgan fingerprint density at radius 1 is 1.19 bits per heavy atom. The predicted molar refractivity (Wildman–Crippen MR) is 121 cm³/mol. The Kier molecular flexibility index (Phi) is 7.12. The zero-order valence-electron chi connectivity index (χ0n) is 17.6. The van der Waals surface area contributed by atoms with Gasteiger partial charge in [-0.3, -0.25) is 9.69 Å². The summed E-state index contributed by atoms with van der Waals surface area (Å²) in [5.41, 5.74) is 1.44. The molecule has 1 aliphatic heterocycles. The lowest BCUT2D eigenvalue weighted by Crippen LogP contribution is -2.37. The molecular weight excluding hydrogens is 416 g/mol. The molecule has 0 bridgehead atoms. The summed E-state index contributed by atoms with van der Waals surface area (Å²) in [6.45, 7) is 3.58. The van der Waals surface area contributed by atoms with Crippen molar-refractivity contribution in [3.05, 3.63) is 64.9 Å². The third kappa shape index (κ3) is 5.58. The molecule has 1 aromatic heterocycles. The molecule has 0 radical (unpaired) electrons. The van der Waals surface area contributed by atoms with Crippen LogP contribution in [0.3, 0.4) is 0 Å². The zero-order valence-corrected chi connectivity index (χ0v) is 18.4. The summed E-state index contributed by atoms with van der Waals surface area (Å²) < 4.78 is 17.0. The van der Waals surface area contributed by atoms with Crippen LogP contribution < -0.4 is 10.1 Å². The van der Waals surface area contributed by atoms with Gasteiger partial charge in [0.25, 0.3) is 5.91 Å². The van der Waals surface area contributed by atoms with Crippen LogP contribution in [0.4, 0.5) is 0 Å². The van der Waals surface area contributed by atoms with Gasteiger partial charge in [-0.05, 0) is 43.2 Å². The SMILES string of the molecule is COCCNC(=O)c1ccc(OC2CCN(Cc3cc4ccccc4o3)CC2)c(Cl)c1. The van der Waals surface area contributed by atoms with Crippen LogP contribution in [0.25, 0.3) is 11.0 Å². The molecule has 0 aliphatic carbocycles. The van der Waals surface area contributed by atoms with Crippen LogP contribution in [0.1, 0.15) is 29.0 Å². The molecule has 2 aromatic carbocycles. The molecule has 6 nitrogen and oxygen atoms in total. The molecule has 1 aliphatic rings. The summed E-state index contributed by atoms with van der Waals surface area (Å²) in [6.07, 6.45) is 1.93. The standard InChI is InChI=1S/C24H27ClN2O4/c1-29-13-10-26-24(28)18-6-7-23(21(25)15-18)30-19-8-11-27(12-9-19)16-20-14-17-4-2-3-5-22(17)31-20/h2-7,14-15,19H,8-13,16H2,1H3,(H,26,28). The Hall–Kier alpha value is -2.54. The molecule has 1 N–H and O–H groups in total. The summed E-state index contributed by atoms with van der Waals surface area (Å²) in [6, 6.07) is 15.4. The number of carbonyl (C=O) groups is 1. The molecule has 1 fully saturated rings. The van der Waals surface area contributed by atoms with Gasteiger partial charge in [-0.1, -0.05) is 29.8 Å². The number of amides is 1. The Labute approximate surface area is 187 Å². The van der Waals surface area contributed by atoms with Crippen molar-refractivity contribution in [3.63, 3.8) is 0 Å². The van der Waals surface area contributed by atoms with E-state index >= 15 is 0 Å². The van der Waals surface area contributed by atoms with Gasteiger partial charge in [0.1, 0.15) is 23.2 Å². The van der Waals surface area contributed by atoms with E-state index < -0.39 is 0 Å². The minimum absolute atomic E-state index is 0.103. The second kappa shape index (κ2) is 10.2. The van der Waals surface area contributed by atoms with Gasteiger partial charge in [-0.15, -0.1) is 0 Å². The maximum Gasteiger partial charge on any atom is 0.251 e. The monoisotopic (exact) mass is 442 g/mol. The van der Waals surface area contributed by atoms with E-state index in [1.807, 2.05) is 18.2 Å². The summed E-state index contributed by atoms with van der Waals surface area (Å²) >= 11 is 6.38. The molecule has 2 heterocycles. The lowest BCUT2D eigenvalue weighted by Gasteiger charge is -2.31. The minimum Gasteiger partial charge on any atom is -0.489 e. The number of carbonyl (C=O) groups excluding carboxylic acids is 1. The maximum atomic E-state index is 12.1. The largest absolute Gasteiger partial charge is 0.489 e. The summed E-state index contributed by atoms with van der Waals surface area (Å²) in [5, 5.41) is 4.37. The van der Waals surface area contributed by atoms with Crippen molar-refractivity contribution in [2.24, 2.45) is 0 Å². The summed E-state index contributed by atoms with van der Waals surface area (Å²) in [4.78, 5) is 14.5. The van der Waals surface area contributed by atoms with Gasteiger partial charge >= 0.3 is 0 Å². The maximum absolute atomic E-state index is 12.1. The van der Waals surface area contributed by atoms with E-state index in [2.05, 4.69) is 22.3 Å². The first kappa shape index (κ1) is 21.7. The number of nitrogens with zero attached hydrogens (tertiary/aromatic N) is 1. The molecule has 0 unspecified atom stereocenters. The van der Waals surface area contributed by atoms with Crippen LogP contribution in [0.5, 0.6) is 5.75 Å². The number of ether oxygens (including phenoxy) is 2. The van der Waals surface area contributed by atoms with Crippen LogP contribution in [-0.4, -0.2) is 50.3 Å². The lowest BCUT2D eigenvalue weighted by molar-refractivity contribution is 0.0927. The summed E-state index contributed by atoms with van der Waals surface area (Å²) in [5.74, 6) is 1.43. The zero-order chi connectivity index (χ0) is 21.6. The number of furan rings is 1. The second-order valence-corrected chi connectivity index (χ2v) is 8.14. The van der Waals surface area contributed by atoms with Gasteiger partial charge in [-0.25, -0.2) is 0 Å². The van der Waals surface area contributed by atoms with E-state index in [4.69, 9.17) is 25.5 Å². The first-order valence-corrected chi connectivity index (χ1v) is 10.9. The fourth-order valence-electron chi connectivity index (χ4n) is 3.81. The average Bonchev–Trinajstić information content (AvgIpc) is 3.19. The number of hydrogen-bond acceptors (Lipinski definition) is 5. The highest BCUT2D eigenvalue weighted by molar-refractivity contribution is 6.32. The smallest absolute Gasteiger partial charge is 0.251 e. The van der Waals surface area contributed by atoms with Crippen LogP contribution in [0.2, 0.25) is 5.02 Å². The van der Waals surface area contributed by atoms with Crippen molar-refractivity contribution in [2.45, 2.75) is 25.5 Å². The lowest BCUT2D eigenvalue weighted by atomic mass is 10.1. The Morgan fingerprint density at radius 2 is 2.00 bits per heavy atom. The van der Waals surface area contributed by atoms with Gasteiger partial charge < -0.3 is 19.2 Å². The van der Waals surface area contributed by atoms with E-state index in [1.165, 1.54) is 0 Å². The fraction of sp³-hybridized carbons (Fsp3) is 0.375. The van der Waals surface area contributed by atoms with Gasteiger partial charge in [0.15, 0.2) is 0 Å². The van der Waals surface area contributed by atoms with Crippen LogP contribution in [0.15, 0.2) is 52.9 Å². The minimum atomic E-state index is -0.176. The molecular formula is C24H27ClN2O4. The quantitative estimate of drug-likeness (QED) is 0.520. The number of rotatable bonds is 8. The number of nitrogens with one attached hydrogen (secondary N) is 1. The Bertz CT molecular complexity index is 994. The fourth-order valence-corrected chi connectivity index (χ4v) is 4.03. The number of hydrogen-bond donors (Lipinski definition) is 1. The Morgan fingerprint density at radius 3 is 2.74 bits per heavy atom. The highest BCUT2D eigenvalue weighted by atomic mass is 35.5. The first-order chi connectivity index (χ1) is 15.1. The van der Waals surface area contributed by atoms with E-state index in [0.717, 1.165) is 49.2 Å². The topological polar surface area (TPSA) is 63.9 Å². The second-order valence-electron chi connectivity index (χ2n) is 7.74. The van der Waals surface area contributed by atoms with Crippen molar-refractivity contribution >= 4 is 28.5 Å². The predicted octanol–water partition coefficient (Wildman–Crippen LogP) is 4.51. The number of benzene rings is 2. The van der Waals surface area contributed by atoms with Gasteiger partial charge in [0.2, 0.25) is 0 Å². The van der Waals surface area contributed by atoms with Crippen molar-refractivity contribution in [2.75, 3.05) is 33.4 Å². The molecule has 3 aromatic rings. The van der Waals surface area contributed by atoms with Crippen LogP contribution >= 0.6 is 11.6 Å². The number of likely N-dealkylation sites (tertiary alicyclic amines) is 1. The van der Waals surface area contributed by atoms with Crippen LogP contribution in [0, 0.1) is 0 Å². The average molecular weight is 443 g/mol. The van der Waals surface area contributed by atoms with Gasteiger partial charge in [0, 0.05) is 37.7 Å². The highest BCUT2D eigenvalue weighted by Gasteiger charge is 2.22. The number of halogens is 1.